The zero-order valence-electron chi connectivity index (χ0n) is 19.0. The first-order chi connectivity index (χ1) is 17.3. The molecule has 164 valence electrons. The maximum Gasteiger partial charge on any atom is 0.0332 e. The van der Waals surface area contributed by atoms with E-state index in [1.807, 2.05) is 0 Å². The number of halogens is 1. The van der Waals surface area contributed by atoms with Crippen LogP contribution in [0.2, 0.25) is 0 Å². The minimum absolute atomic E-state index is 1.16. The van der Waals surface area contributed by atoms with Gasteiger partial charge in [0.1, 0.15) is 0 Å². The van der Waals surface area contributed by atoms with E-state index in [9.17, 15) is 0 Å². The second-order valence-corrected chi connectivity index (χ2v) is 9.91. The molecule has 35 heavy (non-hydrogen) atoms. The summed E-state index contributed by atoms with van der Waals surface area (Å²) < 4.78 is 1.16. The molecule has 7 aromatic carbocycles. The molecule has 0 saturated heterocycles. The largest absolute Gasteiger partial charge is 0.0616 e. The van der Waals surface area contributed by atoms with Crippen LogP contribution in [0.3, 0.4) is 0 Å². The van der Waals surface area contributed by atoms with E-state index in [1.54, 1.807) is 0 Å². The summed E-state index contributed by atoms with van der Waals surface area (Å²) in [7, 11) is 0. The van der Waals surface area contributed by atoms with Crippen molar-refractivity contribution in [1.82, 2.24) is 0 Å². The molecule has 0 atom stereocenters. The molecule has 0 amide bonds. The van der Waals surface area contributed by atoms with Crippen molar-refractivity contribution in [3.63, 3.8) is 0 Å². The maximum absolute atomic E-state index is 3.88. The fourth-order valence-corrected chi connectivity index (χ4v) is 6.03. The minimum atomic E-state index is 1.16. The highest BCUT2D eigenvalue weighted by atomic mass is 79.9. The van der Waals surface area contributed by atoms with Gasteiger partial charge < -0.3 is 0 Å². The number of rotatable bonds is 2. The van der Waals surface area contributed by atoms with Crippen molar-refractivity contribution < 1.29 is 0 Å². The monoisotopic (exact) mass is 508 g/mol. The number of hydrogen-bond acceptors (Lipinski definition) is 0. The second kappa shape index (κ2) is 8.08. The lowest BCUT2D eigenvalue weighted by molar-refractivity contribution is 1.66. The first kappa shape index (κ1) is 20.4. The van der Waals surface area contributed by atoms with E-state index in [0.29, 0.717) is 0 Å². The van der Waals surface area contributed by atoms with Gasteiger partial charge in [0.05, 0.1) is 0 Å². The zero-order chi connectivity index (χ0) is 23.4. The van der Waals surface area contributed by atoms with E-state index in [2.05, 4.69) is 143 Å². The lowest BCUT2D eigenvalue weighted by Crippen LogP contribution is -1.88. The van der Waals surface area contributed by atoms with Crippen LogP contribution < -0.4 is 0 Å². The molecule has 0 unspecified atom stereocenters. The summed E-state index contributed by atoms with van der Waals surface area (Å²) in [6.45, 7) is 0. The highest BCUT2D eigenvalue weighted by Gasteiger charge is 2.14. The topological polar surface area (TPSA) is 0 Å². The second-order valence-electron chi connectivity index (χ2n) is 9.12. The molecule has 0 aromatic heterocycles. The van der Waals surface area contributed by atoms with Crippen LogP contribution in [0.4, 0.5) is 0 Å². The molecule has 0 spiro atoms. The molecule has 7 aromatic rings. The fourth-order valence-electron chi connectivity index (χ4n) is 5.34. The van der Waals surface area contributed by atoms with Gasteiger partial charge in [0.25, 0.3) is 0 Å². The molecular weight excluding hydrogens is 488 g/mol. The van der Waals surface area contributed by atoms with Crippen molar-refractivity contribution in [3.8, 4) is 22.3 Å². The Bertz CT molecular complexity index is 1860. The van der Waals surface area contributed by atoms with E-state index < -0.39 is 0 Å². The molecule has 0 N–H and O–H groups in total. The van der Waals surface area contributed by atoms with Crippen LogP contribution in [-0.4, -0.2) is 0 Å². The molecule has 0 saturated carbocycles. The van der Waals surface area contributed by atoms with Gasteiger partial charge in [-0.1, -0.05) is 109 Å². The Kier molecular flexibility index (Phi) is 4.72. The average Bonchev–Trinajstić information content (AvgIpc) is 2.92. The van der Waals surface area contributed by atoms with Gasteiger partial charge in [0, 0.05) is 4.47 Å². The number of hydrogen-bond donors (Lipinski definition) is 0. The fraction of sp³-hybridized carbons (Fsp3) is 0. The standard InChI is InChI=1S/C34H21Br/c35-34-31-11-5-3-9-29(31)33(30-10-4-6-12-32(30)34)27-18-15-23-14-17-26(20-28(23)21-27)25-16-13-22-7-1-2-8-24(22)19-25/h1-21H. The molecule has 0 aliphatic carbocycles. The quantitative estimate of drug-likeness (QED) is 0.203. The smallest absolute Gasteiger partial charge is 0.0332 e. The first-order valence-electron chi connectivity index (χ1n) is 11.9. The predicted molar refractivity (Wildman–Crippen MR) is 155 cm³/mol. The number of fused-ring (bicyclic) bond motifs is 4. The van der Waals surface area contributed by atoms with Crippen LogP contribution in [0, 0.1) is 0 Å². The van der Waals surface area contributed by atoms with Crippen molar-refractivity contribution in [3.05, 3.63) is 132 Å². The van der Waals surface area contributed by atoms with E-state index in [4.69, 9.17) is 0 Å². The zero-order valence-corrected chi connectivity index (χ0v) is 20.6. The Balaban J connectivity index is 1.46. The summed E-state index contributed by atoms with van der Waals surface area (Å²) >= 11 is 3.88. The van der Waals surface area contributed by atoms with Crippen LogP contribution in [0.5, 0.6) is 0 Å². The normalized spacial score (nSPS) is 11.6. The third-order valence-electron chi connectivity index (χ3n) is 7.08. The molecule has 0 fully saturated rings. The average molecular weight is 509 g/mol. The SMILES string of the molecule is Brc1c2ccccc2c(-c2ccc3ccc(-c4ccc5ccccc5c4)cc3c2)c2ccccc12. The Morgan fingerprint density at radius 3 is 1.40 bits per heavy atom. The predicted octanol–water partition coefficient (Wildman–Crippen LogP) is 10.4. The van der Waals surface area contributed by atoms with Crippen LogP contribution >= 0.6 is 15.9 Å². The summed E-state index contributed by atoms with van der Waals surface area (Å²) in [5.41, 5.74) is 5.02. The van der Waals surface area contributed by atoms with Gasteiger partial charge in [-0.2, -0.15) is 0 Å². The van der Waals surface area contributed by atoms with E-state index >= 15 is 0 Å². The van der Waals surface area contributed by atoms with Gasteiger partial charge in [-0.05, 0) is 99.5 Å². The Labute approximate surface area is 212 Å². The van der Waals surface area contributed by atoms with E-state index in [0.717, 1.165) is 4.47 Å². The highest BCUT2D eigenvalue weighted by Crippen LogP contribution is 2.42. The lowest BCUT2D eigenvalue weighted by atomic mass is 9.90. The van der Waals surface area contributed by atoms with Gasteiger partial charge in [-0.3, -0.25) is 0 Å². The maximum atomic E-state index is 3.88. The summed E-state index contributed by atoms with van der Waals surface area (Å²) in [6.07, 6.45) is 0. The third-order valence-corrected chi connectivity index (χ3v) is 7.93. The molecule has 0 radical (unpaired) electrons. The van der Waals surface area contributed by atoms with Gasteiger partial charge in [-0.15, -0.1) is 0 Å². The third kappa shape index (κ3) is 3.35. The van der Waals surface area contributed by atoms with Gasteiger partial charge in [0.2, 0.25) is 0 Å². The summed E-state index contributed by atoms with van der Waals surface area (Å²) in [5.74, 6) is 0. The van der Waals surface area contributed by atoms with Crippen molar-refractivity contribution in [2.75, 3.05) is 0 Å². The molecule has 0 heterocycles. The van der Waals surface area contributed by atoms with Crippen LogP contribution in [0.1, 0.15) is 0 Å². The molecule has 0 aliphatic rings. The van der Waals surface area contributed by atoms with Crippen molar-refractivity contribution in [2.45, 2.75) is 0 Å². The Hall–Kier alpha value is -3.94. The minimum Gasteiger partial charge on any atom is -0.0616 e. The highest BCUT2D eigenvalue weighted by molar-refractivity contribution is 9.10. The molecule has 1 heteroatoms. The molecular formula is C34H21Br. The number of benzene rings is 7. The van der Waals surface area contributed by atoms with Gasteiger partial charge >= 0.3 is 0 Å². The first-order valence-corrected chi connectivity index (χ1v) is 12.7. The van der Waals surface area contributed by atoms with Crippen LogP contribution in [0.15, 0.2) is 132 Å². The van der Waals surface area contributed by atoms with Crippen molar-refractivity contribution >= 4 is 59.0 Å². The van der Waals surface area contributed by atoms with Crippen molar-refractivity contribution in [2.24, 2.45) is 0 Å². The summed E-state index contributed by atoms with van der Waals surface area (Å²) in [5, 5.41) is 10.1. The van der Waals surface area contributed by atoms with Crippen LogP contribution in [0.25, 0.3) is 65.3 Å². The summed E-state index contributed by atoms with van der Waals surface area (Å²) in [6, 6.07) is 46.3. The molecule has 0 nitrogen and oxygen atoms in total. The Morgan fingerprint density at radius 1 is 0.343 bits per heavy atom. The Morgan fingerprint density at radius 2 is 0.771 bits per heavy atom. The molecule has 0 bridgehead atoms. The van der Waals surface area contributed by atoms with E-state index in [1.165, 1.54) is 65.3 Å². The van der Waals surface area contributed by atoms with Crippen LogP contribution in [-0.2, 0) is 0 Å². The van der Waals surface area contributed by atoms with Crippen molar-refractivity contribution in [1.29, 1.82) is 0 Å². The molecule has 0 aliphatic heterocycles. The van der Waals surface area contributed by atoms with Gasteiger partial charge in [-0.25, -0.2) is 0 Å². The lowest BCUT2D eigenvalue weighted by Gasteiger charge is -2.15. The van der Waals surface area contributed by atoms with Gasteiger partial charge in [0.15, 0.2) is 0 Å². The van der Waals surface area contributed by atoms with E-state index in [-0.39, 0.29) is 0 Å². The molecule has 7 rings (SSSR count). The summed E-state index contributed by atoms with van der Waals surface area (Å²) in [4.78, 5) is 0.